The van der Waals surface area contributed by atoms with Crippen molar-refractivity contribution in [2.45, 2.75) is 0 Å². The van der Waals surface area contributed by atoms with Crippen LogP contribution in [0.25, 0.3) is 119 Å². The predicted molar refractivity (Wildman–Crippen MR) is 233 cm³/mol. The van der Waals surface area contributed by atoms with Crippen LogP contribution < -0.4 is 0 Å². The summed E-state index contributed by atoms with van der Waals surface area (Å²) in [6.45, 7) is 0. The van der Waals surface area contributed by atoms with Crippen molar-refractivity contribution in [2.75, 3.05) is 0 Å². The van der Waals surface area contributed by atoms with Crippen LogP contribution in [0.3, 0.4) is 0 Å². The molecule has 0 amide bonds. The molecule has 10 aromatic carbocycles. The quantitative estimate of drug-likeness (QED) is 0.167. The SMILES string of the molecule is c1ccc2c(-c3c4ccccc4c(-c4ccc(-c5ccc6oc7cc8c(ccc9c%10ccccc%10sc89)cc7c6c5)cc4)c4ccccc34)cccc2c1. The minimum Gasteiger partial charge on any atom is -0.456 e. The van der Waals surface area contributed by atoms with Crippen molar-refractivity contribution in [3.63, 3.8) is 0 Å². The normalized spacial score (nSPS) is 12.1. The molecule has 0 aliphatic carbocycles. The molecule has 2 heteroatoms. The first-order valence-corrected chi connectivity index (χ1v) is 19.3. The Balaban J connectivity index is 0.992. The molecule has 0 fully saturated rings. The second-order valence-corrected chi connectivity index (χ2v) is 15.4. The van der Waals surface area contributed by atoms with Crippen LogP contribution in [0.5, 0.6) is 0 Å². The molecule has 0 aliphatic rings. The molecule has 0 saturated heterocycles. The van der Waals surface area contributed by atoms with Gasteiger partial charge < -0.3 is 4.42 Å². The fraction of sp³-hybridized carbons (Fsp3) is 0. The van der Waals surface area contributed by atoms with E-state index < -0.39 is 0 Å². The van der Waals surface area contributed by atoms with Crippen LogP contribution in [0.1, 0.15) is 0 Å². The number of rotatable bonds is 3. The van der Waals surface area contributed by atoms with E-state index in [0.717, 1.165) is 21.9 Å². The second-order valence-electron chi connectivity index (χ2n) is 14.4. The summed E-state index contributed by atoms with van der Waals surface area (Å²) in [6.07, 6.45) is 0. The van der Waals surface area contributed by atoms with Gasteiger partial charge >= 0.3 is 0 Å². The van der Waals surface area contributed by atoms with Gasteiger partial charge in [-0.3, -0.25) is 0 Å². The van der Waals surface area contributed by atoms with E-state index >= 15 is 0 Å². The predicted octanol–water partition coefficient (Wildman–Crippen LogP) is 15.6. The van der Waals surface area contributed by atoms with Gasteiger partial charge in [0.15, 0.2) is 0 Å². The maximum Gasteiger partial charge on any atom is 0.136 e. The third-order valence-corrected chi connectivity index (χ3v) is 12.7. The average Bonchev–Trinajstić information content (AvgIpc) is 3.80. The lowest BCUT2D eigenvalue weighted by atomic mass is 9.84. The molecule has 0 N–H and O–H groups in total. The Morgan fingerprint density at radius 2 is 0.926 bits per heavy atom. The number of fused-ring (bicyclic) bond motifs is 11. The van der Waals surface area contributed by atoms with Gasteiger partial charge in [-0.1, -0.05) is 152 Å². The average molecular weight is 703 g/mol. The first-order valence-electron chi connectivity index (χ1n) is 18.5. The zero-order chi connectivity index (χ0) is 35.3. The topological polar surface area (TPSA) is 13.1 Å². The second kappa shape index (κ2) is 11.4. The van der Waals surface area contributed by atoms with Crippen molar-refractivity contribution >= 4 is 96.5 Å². The molecular formula is C52H30OS. The highest BCUT2D eigenvalue weighted by molar-refractivity contribution is 7.26. The molecule has 0 bridgehead atoms. The number of hydrogen-bond donors (Lipinski definition) is 0. The number of benzene rings is 10. The molecule has 0 radical (unpaired) electrons. The maximum absolute atomic E-state index is 6.50. The molecule has 0 aliphatic heterocycles. The summed E-state index contributed by atoms with van der Waals surface area (Å²) >= 11 is 1.86. The molecule has 0 unspecified atom stereocenters. The van der Waals surface area contributed by atoms with Crippen LogP contribution in [0.15, 0.2) is 186 Å². The lowest BCUT2D eigenvalue weighted by Gasteiger charge is -2.19. The molecule has 0 saturated carbocycles. The fourth-order valence-electron chi connectivity index (χ4n) is 8.96. The Labute approximate surface area is 314 Å². The highest BCUT2D eigenvalue weighted by Crippen LogP contribution is 2.46. The van der Waals surface area contributed by atoms with E-state index in [1.54, 1.807) is 0 Å². The van der Waals surface area contributed by atoms with Crippen molar-refractivity contribution in [3.8, 4) is 33.4 Å². The maximum atomic E-state index is 6.50. The van der Waals surface area contributed by atoms with Crippen LogP contribution in [0, 0.1) is 0 Å². The van der Waals surface area contributed by atoms with Crippen molar-refractivity contribution < 1.29 is 4.42 Å². The van der Waals surface area contributed by atoms with Gasteiger partial charge in [0.1, 0.15) is 11.2 Å². The van der Waals surface area contributed by atoms with Crippen molar-refractivity contribution in [3.05, 3.63) is 182 Å². The molecule has 0 atom stereocenters. The summed E-state index contributed by atoms with van der Waals surface area (Å²) in [5, 5.41) is 15.0. The molecule has 12 aromatic rings. The minimum atomic E-state index is 0.914. The lowest BCUT2D eigenvalue weighted by Crippen LogP contribution is -1.91. The van der Waals surface area contributed by atoms with Crippen molar-refractivity contribution in [1.29, 1.82) is 0 Å². The zero-order valence-corrected chi connectivity index (χ0v) is 30.0. The van der Waals surface area contributed by atoms with E-state index in [1.807, 2.05) is 11.3 Å². The van der Waals surface area contributed by atoms with Crippen LogP contribution in [0.4, 0.5) is 0 Å². The van der Waals surface area contributed by atoms with Gasteiger partial charge in [-0.2, -0.15) is 0 Å². The van der Waals surface area contributed by atoms with Gasteiger partial charge in [0.2, 0.25) is 0 Å². The van der Waals surface area contributed by atoms with Gasteiger partial charge in [-0.25, -0.2) is 0 Å². The largest absolute Gasteiger partial charge is 0.456 e. The third-order valence-electron chi connectivity index (χ3n) is 11.4. The summed E-state index contributed by atoms with van der Waals surface area (Å²) in [7, 11) is 0. The highest BCUT2D eigenvalue weighted by Gasteiger charge is 2.18. The van der Waals surface area contributed by atoms with E-state index in [9.17, 15) is 0 Å². The van der Waals surface area contributed by atoms with Gasteiger partial charge in [0.25, 0.3) is 0 Å². The molecular weight excluding hydrogens is 673 g/mol. The van der Waals surface area contributed by atoms with Crippen molar-refractivity contribution in [2.24, 2.45) is 0 Å². The van der Waals surface area contributed by atoms with Crippen molar-refractivity contribution in [1.82, 2.24) is 0 Å². The minimum absolute atomic E-state index is 0.914. The lowest BCUT2D eigenvalue weighted by molar-refractivity contribution is 0.669. The standard InChI is InChI=1S/C52H30OS/c1-2-12-36-32(10-1)11-9-18-38(36)51-41-16-5-3-14-39(41)50(40-15-4-6-17-42(40)51)33-22-20-31(21-23-33)34-25-27-47-45(28-34)46-29-35-24-26-43-37-13-7-8-19-49(37)54-52(43)44(35)30-48(46)53-47/h1-30H. The Hall–Kier alpha value is -6.74. The molecule has 0 spiro atoms. The molecule has 12 rings (SSSR count). The van der Waals surface area contributed by atoms with Crippen LogP contribution in [-0.2, 0) is 0 Å². The summed E-state index contributed by atoms with van der Waals surface area (Å²) in [5.41, 5.74) is 9.25. The van der Waals surface area contributed by atoms with Crippen LogP contribution in [-0.4, -0.2) is 0 Å². The molecule has 2 aromatic heterocycles. The Morgan fingerprint density at radius 3 is 1.70 bits per heavy atom. The first kappa shape index (κ1) is 29.8. The smallest absolute Gasteiger partial charge is 0.136 e. The highest BCUT2D eigenvalue weighted by atomic mass is 32.1. The van der Waals surface area contributed by atoms with Gasteiger partial charge in [-0.05, 0) is 101 Å². The molecule has 250 valence electrons. The Bertz CT molecular complexity index is 3430. The summed E-state index contributed by atoms with van der Waals surface area (Å²) in [6, 6.07) is 66.7. The van der Waals surface area contributed by atoms with Crippen LogP contribution in [0.2, 0.25) is 0 Å². The monoisotopic (exact) mass is 702 g/mol. The Morgan fingerprint density at radius 1 is 0.315 bits per heavy atom. The van der Waals surface area contributed by atoms with Crippen LogP contribution >= 0.6 is 11.3 Å². The Kier molecular flexibility index (Phi) is 6.28. The summed E-state index contributed by atoms with van der Waals surface area (Å²) in [4.78, 5) is 0. The summed E-state index contributed by atoms with van der Waals surface area (Å²) < 4.78 is 9.14. The fourth-order valence-corrected chi connectivity index (χ4v) is 10.2. The van der Waals surface area contributed by atoms with E-state index in [1.165, 1.54) is 96.6 Å². The van der Waals surface area contributed by atoms with E-state index in [2.05, 4.69) is 182 Å². The van der Waals surface area contributed by atoms with Gasteiger partial charge in [-0.15, -0.1) is 11.3 Å². The number of thiophene rings is 1. The van der Waals surface area contributed by atoms with E-state index in [4.69, 9.17) is 4.42 Å². The summed E-state index contributed by atoms with van der Waals surface area (Å²) in [5.74, 6) is 0. The molecule has 2 heterocycles. The third kappa shape index (κ3) is 4.32. The van der Waals surface area contributed by atoms with Gasteiger partial charge in [0.05, 0.1) is 0 Å². The number of hydrogen-bond acceptors (Lipinski definition) is 2. The molecule has 54 heavy (non-hydrogen) atoms. The number of furan rings is 1. The van der Waals surface area contributed by atoms with Gasteiger partial charge in [0, 0.05) is 36.3 Å². The molecule has 1 nitrogen and oxygen atoms in total. The first-order chi connectivity index (χ1) is 26.8. The van der Waals surface area contributed by atoms with E-state index in [-0.39, 0.29) is 0 Å². The van der Waals surface area contributed by atoms with E-state index in [0.29, 0.717) is 0 Å². The zero-order valence-electron chi connectivity index (χ0n) is 29.1.